The van der Waals surface area contributed by atoms with Gasteiger partial charge in [0.2, 0.25) is 0 Å². The monoisotopic (exact) mass is 302 g/mol. The minimum Gasteiger partial charge on any atom is -0.374 e. The summed E-state index contributed by atoms with van der Waals surface area (Å²) in [7, 11) is 2.02. The Balaban J connectivity index is 1.48. The van der Waals surface area contributed by atoms with E-state index < -0.39 is 0 Å². The number of hydrogen-bond donors (Lipinski definition) is 0. The quantitative estimate of drug-likeness (QED) is 0.775. The molecule has 1 fully saturated rings. The van der Waals surface area contributed by atoms with E-state index >= 15 is 0 Å². The SMILES string of the molecule is CN(CC1CN(CCn2cccn2)CCO1)c1cccnn1. The van der Waals surface area contributed by atoms with E-state index in [9.17, 15) is 0 Å². The number of aromatic nitrogens is 4. The molecule has 0 aliphatic carbocycles. The summed E-state index contributed by atoms with van der Waals surface area (Å²) in [6.07, 6.45) is 5.70. The predicted molar refractivity (Wildman–Crippen MR) is 83.7 cm³/mol. The Labute approximate surface area is 130 Å². The number of rotatable bonds is 6. The topological polar surface area (TPSA) is 59.3 Å². The first-order chi connectivity index (χ1) is 10.8. The van der Waals surface area contributed by atoms with Crippen molar-refractivity contribution in [1.82, 2.24) is 24.9 Å². The molecular formula is C15H22N6O. The van der Waals surface area contributed by atoms with E-state index in [-0.39, 0.29) is 6.10 Å². The maximum absolute atomic E-state index is 5.88. The van der Waals surface area contributed by atoms with Crippen molar-refractivity contribution in [1.29, 1.82) is 0 Å². The van der Waals surface area contributed by atoms with E-state index in [4.69, 9.17) is 4.74 Å². The molecule has 0 bridgehead atoms. The molecule has 7 heteroatoms. The summed E-state index contributed by atoms with van der Waals surface area (Å²) in [6.45, 7) is 5.42. The molecule has 0 radical (unpaired) electrons. The fraction of sp³-hybridized carbons (Fsp3) is 0.533. The Bertz CT molecular complexity index is 546. The summed E-state index contributed by atoms with van der Waals surface area (Å²) in [5.74, 6) is 0.875. The number of likely N-dealkylation sites (N-methyl/N-ethyl adjacent to an activating group) is 1. The second kappa shape index (κ2) is 7.33. The molecule has 0 saturated carbocycles. The lowest BCUT2D eigenvalue weighted by Gasteiger charge is -2.34. The molecule has 2 aromatic heterocycles. The molecule has 22 heavy (non-hydrogen) atoms. The van der Waals surface area contributed by atoms with Gasteiger partial charge in [0.05, 0.1) is 19.3 Å². The van der Waals surface area contributed by atoms with Gasteiger partial charge >= 0.3 is 0 Å². The van der Waals surface area contributed by atoms with Crippen molar-refractivity contribution < 1.29 is 4.74 Å². The minimum atomic E-state index is 0.193. The predicted octanol–water partition coefficient (Wildman–Crippen LogP) is 0.510. The van der Waals surface area contributed by atoms with Crippen molar-refractivity contribution >= 4 is 5.82 Å². The van der Waals surface area contributed by atoms with Crippen LogP contribution in [-0.4, -0.2) is 70.8 Å². The second-order valence-electron chi connectivity index (χ2n) is 5.52. The lowest BCUT2D eigenvalue weighted by molar-refractivity contribution is -0.0247. The van der Waals surface area contributed by atoms with Gasteiger partial charge in [0.15, 0.2) is 5.82 Å². The number of anilines is 1. The Morgan fingerprint density at radius 1 is 1.32 bits per heavy atom. The normalized spacial score (nSPS) is 19.2. The smallest absolute Gasteiger partial charge is 0.151 e. The average molecular weight is 302 g/mol. The average Bonchev–Trinajstić information content (AvgIpc) is 3.08. The highest BCUT2D eigenvalue weighted by Crippen LogP contribution is 2.11. The van der Waals surface area contributed by atoms with Crippen molar-refractivity contribution in [2.45, 2.75) is 12.6 Å². The van der Waals surface area contributed by atoms with Gasteiger partial charge < -0.3 is 9.64 Å². The van der Waals surface area contributed by atoms with E-state index in [1.165, 1.54) is 0 Å². The highest BCUT2D eigenvalue weighted by Gasteiger charge is 2.22. The molecule has 118 valence electrons. The summed E-state index contributed by atoms with van der Waals surface area (Å²) in [5, 5.41) is 12.3. The molecule has 0 N–H and O–H groups in total. The van der Waals surface area contributed by atoms with Crippen LogP contribution in [0.2, 0.25) is 0 Å². The van der Waals surface area contributed by atoms with Crippen LogP contribution >= 0.6 is 0 Å². The number of hydrogen-bond acceptors (Lipinski definition) is 6. The number of nitrogens with zero attached hydrogens (tertiary/aromatic N) is 6. The van der Waals surface area contributed by atoms with Crippen LogP contribution in [0.4, 0.5) is 5.82 Å². The van der Waals surface area contributed by atoms with Gasteiger partial charge in [-0.3, -0.25) is 9.58 Å². The van der Waals surface area contributed by atoms with E-state index in [0.29, 0.717) is 0 Å². The molecule has 1 atom stereocenters. The van der Waals surface area contributed by atoms with Crippen LogP contribution in [0, 0.1) is 0 Å². The van der Waals surface area contributed by atoms with Gasteiger partial charge in [-0.1, -0.05) is 0 Å². The van der Waals surface area contributed by atoms with Crippen molar-refractivity contribution in [3.8, 4) is 0 Å². The molecular weight excluding hydrogens is 280 g/mol. The van der Waals surface area contributed by atoms with Gasteiger partial charge in [-0.2, -0.15) is 10.2 Å². The number of ether oxygens (including phenoxy) is 1. The summed E-state index contributed by atoms with van der Waals surface area (Å²) in [6, 6.07) is 5.82. The largest absolute Gasteiger partial charge is 0.374 e. The summed E-state index contributed by atoms with van der Waals surface area (Å²) >= 11 is 0. The Morgan fingerprint density at radius 3 is 3.05 bits per heavy atom. The zero-order chi connectivity index (χ0) is 15.2. The molecule has 0 spiro atoms. The van der Waals surface area contributed by atoms with Crippen LogP contribution in [0.1, 0.15) is 0 Å². The first kappa shape index (κ1) is 14.9. The van der Waals surface area contributed by atoms with E-state index in [1.807, 2.05) is 42.3 Å². The molecule has 7 nitrogen and oxygen atoms in total. The molecule has 3 rings (SSSR count). The summed E-state index contributed by atoms with van der Waals surface area (Å²) in [5.41, 5.74) is 0. The molecule has 0 amide bonds. The lowest BCUT2D eigenvalue weighted by Crippen LogP contribution is -2.48. The molecule has 1 saturated heterocycles. The van der Waals surface area contributed by atoms with E-state index in [0.717, 1.165) is 45.1 Å². The highest BCUT2D eigenvalue weighted by atomic mass is 16.5. The first-order valence-electron chi connectivity index (χ1n) is 7.61. The molecule has 3 heterocycles. The molecule has 1 aliphatic heterocycles. The second-order valence-corrected chi connectivity index (χ2v) is 5.52. The Hall–Kier alpha value is -1.99. The van der Waals surface area contributed by atoms with Crippen LogP contribution < -0.4 is 4.90 Å². The van der Waals surface area contributed by atoms with Crippen molar-refractivity contribution in [3.05, 3.63) is 36.8 Å². The Morgan fingerprint density at radius 2 is 2.27 bits per heavy atom. The highest BCUT2D eigenvalue weighted by molar-refractivity contribution is 5.35. The lowest BCUT2D eigenvalue weighted by atomic mass is 10.2. The van der Waals surface area contributed by atoms with Crippen molar-refractivity contribution in [2.24, 2.45) is 0 Å². The van der Waals surface area contributed by atoms with Gasteiger partial charge in [0.1, 0.15) is 0 Å². The third kappa shape index (κ3) is 4.02. The van der Waals surface area contributed by atoms with Gasteiger partial charge in [-0.05, 0) is 18.2 Å². The van der Waals surface area contributed by atoms with Crippen LogP contribution in [0.25, 0.3) is 0 Å². The zero-order valence-electron chi connectivity index (χ0n) is 12.9. The van der Waals surface area contributed by atoms with Crippen LogP contribution in [0.5, 0.6) is 0 Å². The maximum atomic E-state index is 5.88. The van der Waals surface area contributed by atoms with Gasteiger partial charge in [-0.15, -0.1) is 5.10 Å². The third-order valence-corrected chi connectivity index (χ3v) is 3.85. The molecule has 1 unspecified atom stereocenters. The van der Waals surface area contributed by atoms with E-state index in [1.54, 1.807) is 6.20 Å². The molecule has 2 aromatic rings. The van der Waals surface area contributed by atoms with Gasteiger partial charge in [0.25, 0.3) is 0 Å². The van der Waals surface area contributed by atoms with Gasteiger partial charge in [0, 0.05) is 51.8 Å². The maximum Gasteiger partial charge on any atom is 0.151 e. The molecule has 0 aromatic carbocycles. The van der Waals surface area contributed by atoms with Crippen molar-refractivity contribution in [2.75, 3.05) is 44.7 Å². The first-order valence-corrected chi connectivity index (χ1v) is 7.61. The molecule has 1 aliphatic rings. The summed E-state index contributed by atoms with van der Waals surface area (Å²) < 4.78 is 7.85. The Kier molecular flexibility index (Phi) is 4.97. The summed E-state index contributed by atoms with van der Waals surface area (Å²) in [4.78, 5) is 4.52. The fourth-order valence-electron chi connectivity index (χ4n) is 2.67. The van der Waals surface area contributed by atoms with Crippen LogP contribution in [-0.2, 0) is 11.3 Å². The van der Waals surface area contributed by atoms with E-state index in [2.05, 4.69) is 25.1 Å². The standard InChI is InChI=1S/C15H22N6O/c1-19(15-4-2-5-16-18-15)12-14-13-20(10-11-22-14)8-9-21-7-3-6-17-21/h2-7,14H,8-13H2,1H3. The zero-order valence-corrected chi connectivity index (χ0v) is 12.9. The van der Waals surface area contributed by atoms with Gasteiger partial charge in [-0.25, -0.2) is 0 Å². The van der Waals surface area contributed by atoms with Crippen molar-refractivity contribution in [3.63, 3.8) is 0 Å². The fourth-order valence-corrected chi connectivity index (χ4v) is 2.67. The minimum absolute atomic E-state index is 0.193. The van der Waals surface area contributed by atoms with Crippen LogP contribution in [0.15, 0.2) is 36.8 Å². The third-order valence-electron chi connectivity index (χ3n) is 3.85. The number of morpholine rings is 1. The van der Waals surface area contributed by atoms with Crippen LogP contribution in [0.3, 0.4) is 0 Å².